The number of carbonyl (C=O) groups is 1. The predicted molar refractivity (Wildman–Crippen MR) is 74.9 cm³/mol. The topological polar surface area (TPSA) is 38.3 Å². The molecule has 33 heavy (non-hydrogen) atoms. The molecule has 0 unspecified atom stereocenters. The summed E-state index contributed by atoms with van der Waals surface area (Å²) in [5.74, 6) is -55.3. The quantitative estimate of drug-likeness (QED) is 0.240. The highest BCUT2D eigenvalue weighted by molar-refractivity contribution is 5.67. The molecule has 0 aliphatic heterocycles. The van der Waals surface area contributed by atoms with Crippen LogP contribution < -0.4 is 5.32 Å². The van der Waals surface area contributed by atoms with Crippen molar-refractivity contribution in [1.29, 1.82) is 0 Å². The number of rotatable bonds is 12. The number of amides is 1. The first kappa shape index (κ1) is 31.1. The summed E-state index contributed by atoms with van der Waals surface area (Å²) in [6, 6.07) is 0. The molecule has 1 N–H and O–H groups in total. The minimum absolute atomic E-state index is 0.151. The Morgan fingerprint density at radius 2 is 1.12 bits per heavy atom. The molecule has 0 bridgehead atoms. The molecule has 0 aromatic heterocycles. The van der Waals surface area contributed by atoms with Crippen LogP contribution in [0.1, 0.15) is 19.8 Å². The molecule has 0 aromatic rings. The summed E-state index contributed by atoms with van der Waals surface area (Å²) in [5.41, 5.74) is 0. The highest BCUT2D eigenvalue weighted by atomic mass is 19.4. The van der Waals surface area contributed by atoms with Crippen LogP contribution in [-0.2, 0) is 4.74 Å². The molecule has 0 saturated carbocycles. The molecule has 0 spiro atoms. The van der Waals surface area contributed by atoms with Gasteiger partial charge in [-0.1, -0.05) is 13.3 Å². The smallest absolute Gasteiger partial charge is 0.407 e. The van der Waals surface area contributed by atoms with E-state index in [1.165, 1.54) is 0 Å². The van der Waals surface area contributed by atoms with Crippen LogP contribution >= 0.6 is 0 Å². The number of halogens is 16. The van der Waals surface area contributed by atoms with Crippen LogP contribution in [0.2, 0.25) is 0 Å². The van der Waals surface area contributed by atoms with Crippen molar-refractivity contribution in [2.45, 2.75) is 67.6 Å². The molecule has 19 heteroatoms. The highest BCUT2D eigenvalue weighted by Gasteiger charge is 2.93. The summed E-state index contributed by atoms with van der Waals surface area (Å²) in [6.45, 7) is -2.00. The van der Waals surface area contributed by atoms with Crippen LogP contribution in [-0.4, -0.2) is 67.1 Å². The largest absolute Gasteiger partial charge is 0.443 e. The second-order valence-electron chi connectivity index (χ2n) is 6.36. The molecule has 0 fully saturated rings. The Morgan fingerprint density at radius 1 is 0.727 bits per heavy atom. The molecule has 0 rings (SSSR count). The third-order valence-corrected chi connectivity index (χ3v) is 3.91. The van der Waals surface area contributed by atoms with Gasteiger partial charge >= 0.3 is 54.0 Å². The van der Waals surface area contributed by atoms with E-state index in [1.54, 1.807) is 12.2 Å². The number of alkyl carbamates (subject to hydrolysis) is 1. The fourth-order valence-electron chi connectivity index (χ4n) is 1.83. The van der Waals surface area contributed by atoms with E-state index in [-0.39, 0.29) is 13.0 Å². The lowest BCUT2D eigenvalue weighted by Crippen LogP contribution is -2.74. The number of carbonyl (C=O) groups excluding carboxylic acids is 1. The first-order chi connectivity index (χ1) is 14.4. The van der Waals surface area contributed by atoms with Gasteiger partial charge in [0.05, 0.1) is 0 Å². The van der Waals surface area contributed by atoms with Gasteiger partial charge < -0.3 is 10.1 Å². The minimum Gasteiger partial charge on any atom is -0.443 e. The van der Waals surface area contributed by atoms with Gasteiger partial charge in [0.1, 0.15) is 0 Å². The summed E-state index contributed by atoms with van der Waals surface area (Å²) in [5, 5.41) is 1.60. The maximum atomic E-state index is 13.5. The monoisotopic (exact) mass is 531 g/mol. The summed E-state index contributed by atoms with van der Waals surface area (Å²) < 4.78 is 213. The standard InChI is InChI=1S/C14H13F16NO2/c1-2-3-4-31-7(32)33-5-8(17,18)10(21,22)12(25,26)14(29,30)13(27,28)11(23,24)9(19,20)6(15)16/h6H,2-5H2,1H3,(H,31,32). The summed E-state index contributed by atoms with van der Waals surface area (Å²) in [4.78, 5) is 11.0. The second-order valence-corrected chi connectivity index (χ2v) is 6.36. The molecule has 0 heterocycles. The summed E-state index contributed by atoms with van der Waals surface area (Å²) >= 11 is 0. The summed E-state index contributed by atoms with van der Waals surface area (Å²) in [7, 11) is 0. The van der Waals surface area contributed by atoms with Crippen molar-refractivity contribution in [3.63, 3.8) is 0 Å². The van der Waals surface area contributed by atoms with E-state index in [1.807, 2.05) is 0 Å². The van der Waals surface area contributed by atoms with E-state index >= 15 is 0 Å². The zero-order valence-corrected chi connectivity index (χ0v) is 15.8. The number of ether oxygens (including phenoxy) is 1. The fourth-order valence-corrected chi connectivity index (χ4v) is 1.83. The van der Waals surface area contributed by atoms with Crippen molar-refractivity contribution < 1.29 is 79.8 Å². The number of hydrogen-bond acceptors (Lipinski definition) is 2. The van der Waals surface area contributed by atoms with Gasteiger partial charge in [0, 0.05) is 6.54 Å². The molecular formula is C14H13F16NO2. The van der Waals surface area contributed by atoms with Crippen molar-refractivity contribution >= 4 is 6.09 Å². The molecule has 0 aliphatic rings. The van der Waals surface area contributed by atoms with E-state index in [4.69, 9.17) is 0 Å². The highest BCUT2D eigenvalue weighted by Crippen LogP contribution is 2.62. The van der Waals surface area contributed by atoms with Crippen molar-refractivity contribution in [2.75, 3.05) is 13.2 Å². The maximum absolute atomic E-state index is 13.5. The van der Waals surface area contributed by atoms with Gasteiger partial charge in [-0.05, 0) is 6.42 Å². The number of hydrogen-bond donors (Lipinski definition) is 1. The molecule has 198 valence electrons. The number of alkyl halides is 16. The van der Waals surface area contributed by atoms with E-state index in [2.05, 4.69) is 4.74 Å². The SMILES string of the molecule is CCCCNC(=O)OCC(F)(F)C(F)(F)C(F)(F)C(F)(F)C(F)(F)C(F)(F)C(F)(F)C(F)F. The zero-order valence-electron chi connectivity index (χ0n) is 15.8. The average molecular weight is 531 g/mol. The van der Waals surface area contributed by atoms with E-state index in [0.29, 0.717) is 6.42 Å². The fraction of sp³-hybridized carbons (Fsp3) is 0.929. The Morgan fingerprint density at radius 3 is 1.52 bits per heavy atom. The number of nitrogens with one attached hydrogen (secondary N) is 1. The summed E-state index contributed by atoms with van der Waals surface area (Å²) in [6.07, 6.45) is -7.37. The molecule has 3 nitrogen and oxygen atoms in total. The van der Waals surface area contributed by atoms with Crippen molar-refractivity contribution in [2.24, 2.45) is 0 Å². The van der Waals surface area contributed by atoms with E-state index < -0.39 is 60.6 Å². The molecule has 0 saturated heterocycles. The van der Waals surface area contributed by atoms with Gasteiger partial charge in [0.2, 0.25) is 0 Å². The van der Waals surface area contributed by atoms with Crippen molar-refractivity contribution in [1.82, 2.24) is 5.32 Å². The molecule has 1 amide bonds. The first-order valence-corrected chi connectivity index (χ1v) is 8.23. The molecular weight excluding hydrogens is 518 g/mol. The van der Waals surface area contributed by atoms with Gasteiger partial charge in [-0.3, -0.25) is 0 Å². The second kappa shape index (κ2) is 9.42. The van der Waals surface area contributed by atoms with Gasteiger partial charge in [0.25, 0.3) is 0 Å². The van der Waals surface area contributed by atoms with E-state index in [9.17, 15) is 75.0 Å². The lowest BCUT2D eigenvalue weighted by molar-refractivity contribution is -0.447. The van der Waals surface area contributed by atoms with Crippen LogP contribution in [0.4, 0.5) is 75.0 Å². The van der Waals surface area contributed by atoms with Crippen LogP contribution in [0.3, 0.4) is 0 Å². The maximum Gasteiger partial charge on any atom is 0.407 e. The Hall–Kier alpha value is -1.85. The normalized spacial score (nSPS) is 15.1. The molecule has 0 aliphatic carbocycles. The molecule has 0 atom stereocenters. The predicted octanol–water partition coefficient (Wildman–Crippen LogP) is 6.22. The lowest BCUT2D eigenvalue weighted by Gasteiger charge is -2.42. The average Bonchev–Trinajstić information content (AvgIpc) is 2.65. The van der Waals surface area contributed by atoms with Crippen molar-refractivity contribution in [3.8, 4) is 0 Å². The van der Waals surface area contributed by atoms with Gasteiger partial charge in [-0.15, -0.1) is 0 Å². The minimum atomic E-state index is -8.47. The Balaban J connectivity index is 6.12. The van der Waals surface area contributed by atoms with Crippen molar-refractivity contribution in [3.05, 3.63) is 0 Å². The lowest BCUT2D eigenvalue weighted by atomic mass is 9.89. The first-order valence-electron chi connectivity index (χ1n) is 8.23. The van der Waals surface area contributed by atoms with Crippen LogP contribution in [0, 0.1) is 0 Å². The Labute approximate surface area is 173 Å². The van der Waals surface area contributed by atoms with Crippen LogP contribution in [0.5, 0.6) is 0 Å². The third kappa shape index (κ3) is 5.00. The van der Waals surface area contributed by atoms with Gasteiger partial charge in [0.15, 0.2) is 6.61 Å². The zero-order chi connectivity index (χ0) is 26.9. The molecule has 0 radical (unpaired) electrons. The van der Waals surface area contributed by atoms with Gasteiger partial charge in [-0.2, -0.15) is 61.5 Å². The number of unbranched alkanes of at least 4 members (excludes halogenated alkanes) is 1. The van der Waals surface area contributed by atoms with Gasteiger partial charge in [-0.25, -0.2) is 13.6 Å². The van der Waals surface area contributed by atoms with Crippen LogP contribution in [0.15, 0.2) is 0 Å². The Bertz CT molecular complexity index is 678. The van der Waals surface area contributed by atoms with Crippen LogP contribution in [0.25, 0.3) is 0 Å². The van der Waals surface area contributed by atoms with E-state index in [0.717, 1.165) is 0 Å². The third-order valence-electron chi connectivity index (χ3n) is 3.91. The molecule has 0 aromatic carbocycles. The Kier molecular flexibility index (Phi) is 8.89.